The van der Waals surface area contributed by atoms with Gasteiger partial charge in [-0.1, -0.05) is 20.8 Å². The summed E-state index contributed by atoms with van der Waals surface area (Å²) in [5.74, 6) is 2.60. The van der Waals surface area contributed by atoms with Crippen LogP contribution in [-0.4, -0.2) is 45.4 Å². The van der Waals surface area contributed by atoms with Crippen LogP contribution >= 0.6 is 35.3 Å². The molecule has 3 rings (SSSR count). The van der Waals surface area contributed by atoms with Gasteiger partial charge in [-0.05, 0) is 13.3 Å². The average Bonchev–Trinajstić information content (AvgIpc) is 3.26. The number of rotatable bonds is 6. The number of halogens is 1. The molecule has 1 aliphatic rings. The number of hydrogen-bond acceptors (Lipinski definition) is 6. The van der Waals surface area contributed by atoms with Crippen molar-refractivity contribution in [2.45, 2.75) is 71.7 Å². The Balaban J connectivity index is 0.00000300. The van der Waals surface area contributed by atoms with Gasteiger partial charge in [-0.2, -0.15) is 5.10 Å². The number of methoxy groups -OCH3 is 1. The van der Waals surface area contributed by atoms with Crippen LogP contribution in [0.1, 0.15) is 56.5 Å². The zero-order valence-electron chi connectivity index (χ0n) is 17.9. The minimum atomic E-state index is 0. The van der Waals surface area contributed by atoms with Crippen LogP contribution < -0.4 is 10.6 Å². The van der Waals surface area contributed by atoms with E-state index in [2.05, 4.69) is 53.8 Å². The first-order chi connectivity index (χ1) is 13.4. The second-order valence-electron chi connectivity index (χ2n) is 8.01. The molecular formula is C19H32IN7OS. The predicted octanol–water partition coefficient (Wildman–Crippen LogP) is 2.87. The number of aryl methyl sites for hydroxylation is 1. The second kappa shape index (κ2) is 10.7. The van der Waals surface area contributed by atoms with Gasteiger partial charge in [-0.15, -0.1) is 35.3 Å². The lowest BCUT2D eigenvalue weighted by molar-refractivity contribution is 0.177. The molecule has 2 aromatic heterocycles. The van der Waals surface area contributed by atoms with Crippen molar-refractivity contribution in [3.05, 3.63) is 27.7 Å². The third-order valence-corrected chi connectivity index (χ3v) is 5.39. The molecule has 162 valence electrons. The molecule has 1 aliphatic heterocycles. The number of nitrogens with one attached hydrogen (secondary N) is 2. The Kier molecular flexibility index (Phi) is 8.83. The molecule has 0 saturated heterocycles. The lowest BCUT2D eigenvalue weighted by Crippen LogP contribution is -2.47. The van der Waals surface area contributed by atoms with Gasteiger partial charge in [0.1, 0.15) is 17.4 Å². The van der Waals surface area contributed by atoms with Gasteiger partial charge in [0, 0.05) is 36.9 Å². The maximum Gasteiger partial charge on any atom is 0.191 e. The molecule has 0 bridgehead atoms. The third-order valence-electron chi connectivity index (χ3n) is 4.55. The fraction of sp³-hybridized carbons (Fsp3) is 0.684. The molecular weight excluding hydrogens is 501 g/mol. The fourth-order valence-electron chi connectivity index (χ4n) is 3.06. The molecule has 8 nitrogen and oxygen atoms in total. The van der Waals surface area contributed by atoms with E-state index in [1.54, 1.807) is 18.4 Å². The molecule has 2 aromatic rings. The summed E-state index contributed by atoms with van der Waals surface area (Å²) >= 11 is 1.67. The summed E-state index contributed by atoms with van der Waals surface area (Å²) in [6.07, 6.45) is 1.90. The van der Waals surface area contributed by atoms with Crippen LogP contribution in [0, 0.1) is 0 Å². The number of aromatic nitrogens is 4. The lowest BCUT2D eigenvalue weighted by atomic mass is 9.93. The van der Waals surface area contributed by atoms with E-state index >= 15 is 0 Å². The van der Waals surface area contributed by atoms with Crippen LogP contribution in [0.2, 0.25) is 0 Å². The Morgan fingerprint density at radius 1 is 1.38 bits per heavy atom. The van der Waals surface area contributed by atoms with Gasteiger partial charge in [0.05, 0.1) is 18.8 Å². The van der Waals surface area contributed by atoms with E-state index in [1.165, 1.54) is 0 Å². The summed E-state index contributed by atoms with van der Waals surface area (Å²) in [6.45, 7) is 11.2. The van der Waals surface area contributed by atoms with Gasteiger partial charge in [-0.25, -0.2) is 19.6 Å². The quantitative estimate of drug-likeness (QED) is 0.337. The molecule has 1 unspecified atom stereocenters. The van der Waals surface area contributed by atoms with Crippen molar-refractivity contribution >= 4 is 41.3 Å². The van der Waals surface area contributed by atoms with E-state index in [0.29, 0.717) is 13.2 Å². The predicted molar refractivity (Wildman–Crippen MR) is 127 cm³/mol. The van der Waals surface area contributed by atoms with Crippen LogP contribution in [0.3, 0.4) is 0 Å². The lowest BCUT2D eigenvalue weighted by Gasteiger charge is -2.25. The summed E-state index contributed by atoms with van der Waals surface area (Å²) < 4.78 is 7.12. The van der Waals surface area contributed by atoms with Gasteiger partial charge >= 0.3 is 0 Å². The maximum absolute atomic E-state index is 5.14. The zero-order chi connectivity index (χ0) is 20.1. The SMILES string of the molecule is CCNC(=NCc1nc(C(C)(C)C)cs1)NC1CCc2nc(COC)nn2C1.I. The van der Waals surface area contributed by atoms with Gasteiger partial charge in [0.15, 0.2) is 11.8 Å². The maximum atomic E-state index is 5.14. The third kappa shape index (κ3) is 6.61. The molecule has 0 radical (unpaired) electrons. The monoisotopic (exact) mass is 533 g/mol. The van der Waals surface area contributed by atoms with E-state index in [-0.39, 0.29) is 35.4 Å². The molecule has 3 heterocycles. The van der Waals surface area contributed by atoms with E-state index < -0.39 is 0 Å². The highest BCUT2D eigenvalue weighted by Crippen LogP contribution is 2.24. The van der Waals surface area contributed by atoms with E-state index in [1.807, 2.05) is 4.68 Å². The fourth-order valence-corrected chi connectivity index (χ4v) is 4.00. The molecule has 10 heteroatoms. The highest BCUT2D eigenvalue weighted by atomic mass is 127. The highest BCUT2D eigenvalue weighted by Gasteiger charge is 2.22. The molecule has 2 N–H and O–H groups in total. The minimum Gasteiger partial charge on any atom is -0.377 e. The number of aliphatic imine (C=N–C) groups is 1. The molecule has 0 aromatic carbocycles. The Labute approximate surface area is 194 Å². The Bertz CT molecular complexity index is 812. The van der Waals surface area contributed by atoms with Gasteiger partial charge < -0.3 is 15.4 Å². The zero-order valence-corrected chi connectivity index (χ0v) is 21.0. The summed E-state index contributed by atoms with van der Waals surface area (Å²) in [4.78, 5) is 14.0. The summed E-state index contributed by atoms with van der Waals surface area (Å²) in [5, 5.41) is 14.6. The number of nitrogens with zero attached hydrogens (tertiary/aromatic N) is 5. The molecule has 0 aliphatic carbocycles. The molecule has 0 spiro atoms. The number of guanidine groups is 1. The largest absolute Gasteiger partial charge is 0.377 e. The van der Waals surface area contributed by atoms with Crippen molar-refractivity contribution in [3.8, 4) is 0 Å². The van der Waals surface area contributed by atoms with E-state index in [0.717, 1.165) is 54.2 Å². The average molecular weight is 533 g/mol. The number of ether oxygens (including phenoxy) is 1. The Morgan fingerprint density at radius 3 is 2.83 bits per heavy atom. The molecule has 0 saturated carbocycles. The van der Waals surface area contributed by atoms with Crippen LogP contribution in [0.25, 0.3) is 0 Å². The molecule has 29 heavy (non-hydrogen) atoms. The van der Waals surface area contributed by atoms with Crippen molar-refractivity contribution in [2.24, 2.45) is 4.99 Å². The highest BCUT2D eigenvalue weighted by molar-refractivity contribution is 14.0. The number of fused-ring (bicyclic) bond motifs is 1. The first-order valence-electron chi connectivity index (χ1n) is 9.80. The Hall–Kier alpha value is -1.27. The van der Waals surface area contributed by atoms with Crippen molar-refractivity contribution in [3.63, 3.8) is 0 Å². The van der Waals surface area contributed by atoms with Crippen molar-refractivity contribution in [1.82, 2.24) is 30.4 Å². The van der Waals surface area contributed by atoms with Crippen molar-refractivity contribution in [2.75, 3.05) is 13.7 Å². The minimum absolute atomic E-state index is 0. The molecule has 0 amide bonds. The molecule has 1 atom stereocenters. The topological polar surface area (TPSA) is 89.2 Å². The summed E-state index contributed by atoms with van der Waals surface area (Å²) in [7, 11) is 1.66. The summed E-state index contributed by atoms with van der Waals surface area (Å²) in [5.41, 5.74) is 1.19. The van der Waals surface area contributed by atoms with Gasteiger partial charge in [0.2, 0.25) is 0 Å². The van der Waals surface area contributed by atoms with Crippen LogP contribution in [-0.2, 0) is 36.3 Å². The van der Waals surface area contributed by atoms with Gasteiger partial charge in [0.25, 0.3) is 0 Å². The van der Waals surface area contributed by atoms with E-state index in [4.69, 9.17) is 14.7 Å². The summed E-state index contributed by atoms with van der Waals surface area (Å²) in [6, 6.07) is 0.267. The van der Waals surface area contributed by atoms with Crippen LogP contribution in [0.4, 0.5) is 0 Å². The normalized spacial score (nSPS) is 16.9. The van der Waals surface area contributed by atoms with Gasteiger partial charge in [-0.3, -0.25) is 0 Å². The van der Waals surface area contributed by atoms with E-state index in [9.17, 15) is 0 Å². The van der Waals surface area contributed by atoms with Crippen molar-refractivity contribution in [1.29, 1.82) is 0 Å². The molecule has 0 fully saturated rings. The second-order valence-corrected chi connectivity index (χ2v) is 8.95. The van der Waals surface area contributed by atoms with Crippen LogP contribution in [0.15, 0.2) is 10.4 Å². The Morgan fingerprint density at radius 2 is 2.17 bits per heavy atom. The standard InChI is InChI=1S/C19H31N7OS.HI/c1-6-20-18(21-9-17-23-14(12-28-17)19(2,3)4)22-13-7-8-16-24-15(11-27-5)25-26(16)10-13;/h12-13H,6-11H2,1-5H3,(H2,20,21,22);1H. The first kappa shape index (κ1) is 24.0. The number of thiazole rings is 1. The van der Waals surface area contributed by atoms with Crippen LogP contribution in [0.5, 0.6) is 0 Å². The number of hydrogen-bond donors (Lipinski definition) is 2. The first-order valence-corrected chi connectivity index (χ1v) is 10.7. The smallest absolute Gasteiger partial charge is 0.191 e. The van der Waals surface area contributed by atoms with Crippen molar-refractivity contribution < 1.29 is 4.74 Å².